The fraction of sp³-hybridized carbons (Fsp3) is 0.500. The standard InChI is InChI=1S/C14H22N2OS/c1-3-9-18-11-14(17)16-13-8-6-5-7-12(13)10-15-4-2/h5-8,15H,3-4,9-11H2,1-2H3,(H,16,17). The van der Waals surface area contributed by atoms with E-state index in [1.54, 1.807) is 11.8 Å². The average molecular weight is 266 g/mol. The number of rotatable bonds is 8. The lowest BCUT2D eigenvalue weighted by atomic mass is 10.1. The smallest absolute Gasteiger partial charge is 0.234 e. The van der Waals surface area contributed by atoms with Crippen LogP contribution in [-0.2, 0) is 11.3 Å². The highest BCUT2D eigenvalue weighted by atomic mass is 32.2. The molecule has 3 nitrogen and oxygen atoms in total. The van der Waals surface area contributed by atoms with Crippen molar-refractivity contribution in [2.24, 2.45) is 0 Å². The third-order valence-corrected chi connectivity index (χ3v) is 3.60. The van der Waals surface area contributed by atoms with Crippen molar-refractivity contribution in [3.8, 4) is 0 Å². The lowest BCUT2D eigenvalue weighted by Crippen LogP contribution is -2.18. The van der Waals surface area contributed by atoms with E-state index in [2.05, 4.69) is 24.5 Å². The second-order valence-electron chi connectivity index (χ2n) is 4.04. The van der Waals surface area contributed by atoms with Crippen LogP contribution in [0.15, 0.2) is 24.3 Å². The second-order valence-corrected chi connectivity index (χ2v) is 5.14. The number of anilines is 1. The Hall–Kier alpha value is -1.00. The molecule has 100 valence electrons. The van der Waals surface area contributed by atoms with E-state index in [-0.39, 0.29) is 5.91 Å². The largest absolute Gasteiger partial charge is 0.325 e. The monoisotopic (exact) mass is 266 g/mol. The Morgan fingerprint density at radius 1 is 1.28 bits per heavy atom. The molecule has 1 amide bonds. The van der Waals surface area contributed by atoms with E-state index >= 15 is 0 Å². The van der Waals surface area contributed by atoms with Crippen molar-refractivity contribution in [1.29, 1.82) is 0 Å². The zero-order valence-electron chi connectivity index (χ0n) is 11.2. The molecule has 0 fully saturated rings. The predicted octanol–water partition coefficient (Wildman–Crippen LogP) is 2.88. The van der Waals surface area contributed by atoms with Crippen LogP contribution in [0.25, 0.3) is 0 Å². The van der Waals surface area contributed by atoms with Crippen molar-refractivity contribution in [3.63, 3.8) is 0 Å². The van der Waals surface area contributed by atoms with Gasteiger partial charge in [0.15, 0.2) is 0 Å². The Balaban J connectivity index is 2.51. The lowest BCUT2D eigenvalue weighted by Gasteiger charge is -2.11. The Bertz CT molecular complexity index is 369. The maximum absolute atomic E-state index is 11.8. The number of carbonyl (C=O) groups is 1. The molecule has 2 N–H and O–H groups in total. The van der Waals surface area contributed by atoms with Crippen LogP contribution >= 0.6 is 11.8 Å². The van der Waals surface area contributed by atoms with Gasteiger partial charge in [0.2, 0.25) is 5.91 Å². The molecule has 0 unspecified atom stereocenters. The van der Waals surface area contributed by atoms with Gasteiger partial charge in [-0.1, -0.05) is 32.0 Å². The molecule has 18 heavy (non-hydrogen) atoms. The minimum Gasteiger partial charge on any atom is -0.325 e. The highest BCUT2D eigenvalue weighted by Crippen LogP contribution is 2.15. The third-order valence-electron chi connectivity index (χ3n) is 2.44. The first kappa shape index (κ1) is 15.1. The van der Waals surface area contributed by atoms with Gasteiger partial charge in [0.1, 0.15) is 0 Å². The number of carbonyl (C=O) groups excluding carboxylic acids is 1. The van der Waals surface area contributed by atoms with Crippen molar-refractivity contribution < 1.29 is 4.79 Å². The first-order chi connectivity index (χ1) is 8.77. The van der Waals surface area contributed by atoms with Gasteiger partial charge >= 0.3 is 0 Å². The molecule has 1 aromatic rings. The summed E-state index contributed by atoms with van der Waals surface area (Å²) >= 11 is 1.68. The molecule has 1 aromatic carbocycles. The summed E-state index contributed by atoms with van der Waals surface area (Å²) in [6.07, 6.45) is 1.11. The molecule has 0 aliphatic carbocycles. The Morgan fingerprint density at radius 2 is 2.06 bits per heavy atom. The van der Waals surface area contributed by atoms with E-state index in [1.165, 1.54) is 0 Å². The molecule has 0 spiro atoms. The van der Waals surface area contributed by atoms with E-state index in [9.17, 15) is 4.79 Å². The lowest BCUT2D eigenvalue weighted by molar-refractivity contribution is -0.113. The topological polar surface area (TPSA) is 41.1 Å². The molecule has 0 bridgehead atoms. The normalized spacial score (nSPS) is 10.3. The average Bonchev–Trinajstić information content (AvgIpc) is 2.38. The predicted molar refractivity (Wildman–Crippen MR) is 80.1 cm³/mol. The van der Waals surface area contributed by atoms with Crippen molar-refractivity contribution in [3.05, 3.63) is 29.8 Å². The van der Waals surface area contributed by atoms with Crippen LogP contribution in [0.3, 0.4) is 0 Å². The van der Waals surface area contributed by atoms with Gasteiger partial charge in [0, 0.05) is 12.2 Å². The molecule has 0 saturated carbocycles. The number of nitrogens with one attached hydrogen (secondary N) is 2. The molecule has 0 aliphatic heterocycles. The van der Waals surface area contributed by atoms with Gasteiger partial charge in [0.25, 0.3) is 0 Å². The number of benzene rings is 1. The minimum absolute atomic E-state index is 0.0809. The molecule has 0 aromatic heterocycles. The fourth-order valence-electron chi connectivity index (χ4n) is 1.55. The number of hydrogen-bond acceptors (Lipinski definition) is 3. The Kier molecular flexibility index (Phi) is 7.53. The SMILES string of the molecule is CCCSCC(=O)Nc1ccccc1CNCC. The highest BCUT2D eigenvalue weighted by molar-refractivity contribution is 7.99. The number of amides is 1. The zero-order valence-corrected chi connectivity index (χ0v) is 12.0. The van der Waals surface area contributed by atoms with Crippen LogP contribution < -0.4 is 10.6 Å². The third kappa shape index (κ3) is 5.56. The van der Waals surface area contributed by atoms with Crippen LogP contribution in [0.4, 0.5) is 5.69 Å². The van der Waals surface area contributed by atoms with Gasteiger partial charge in [0.05, 0.1) is 5.75 Å². The van der Waals surface area contributed by atoms with E-state index in [1.807, 2.05) is 24.3 Å². The molecular formula is C14H22N2OS. The highest BCUT2D eigenvalue weighted by Gasteiger charge is 2.05. The zero-order chi connectivity index (χ0) is 13.2. The van der Waals surface area contributed by atoms with Crippen molar-refractivity contribution in [1.82, 2.24) is 5.32 Å². The van der Waals surface area contributed by atoms with E-state index < -0.39 is 0 Å². The van der Waals surface area contributed by atoms with E-state index in [4.69, 9.17) is 0 Å². The first-order valence-corrected chi connectivity index (χ1v) is 7.59. The number of thioether (sulfide) groups is 1. The van der Waals surface area contributed by atoms with Crippen LogP contribution in [0, 0.1) is 0 Å². The van der Waals surface area contributed by atoms with Crippen LogP contribution in [0.1, 0.15) is 25.8 Å². The molecule has 4 heteroatoms. The Morgan fingerprint density at radius 3 is 2.78 bits per heavy atom. The van der Waals surface area contributed by atoms with Gasteiger partial charge in [-0.15, -0.1) is 0 Å². The van der Waals surface area contributed by atoms with E-state index in [0.29, 0.717) is 5.75 Å². The number of hydrogen-bond donors (Lipinski definition) is 2. The van der Waals surface area contributed by atoms with Crippen LogP contribution in [-0.4, -0.2) is 24.0 Å². The molecule has 0 atom stereocenters. The summed E-state index contributed by atoms with van der Waals surface area (Å²) in [5.41, 5.74) is 2.05. The maximum atomic E-state index is 11.8. The summed E-state index contributed by atoms with van der Waals surface area (Å²) < 4.78 is 0. The minimum atomic E-state index is 0.0809. The van der Waals surface area contributed by atoms with Gasteiger partial charge in [-0.3, -0.25) is 4.79 Å². The van der Waals surface area contributed by atoms with Gasteiger partial charge in [-0.25, -0.2) is 0 Å². The first-order valence-electron chi connectivity index (χ1n) is 6.44. The van der Waals surface area contributed by atoms with Gasteiger partial charge in [-0.2, -0.15) is 11.8 Å². The number of para-hydroxylation sites is 1. The molecular weight excluding hydrogens is 244 g/mol. The summed E-state index contributed by atoms with van der Waals surface area (Å²) in [6, 6.07) is 7.94. The van der Waals surface area contributed by atoms with Crippen molar-refractivity contribution in [2.75, 3.05) is 23.4 Å². The summed E-state index contributed by atoms with van der Waals surface area (Å²) in [6.45, 7) is 5.91. The summed E-state index contributed by atoms with van der Waals surface area (Å²) in [5.74, 6) is 1.65. The fourth-order valence-corrected chi connectivity index (χ4v) is 2.24. The second kappa shape index (κ2) is 9.00. The van der Waals surface area contributed by atoms with Crippen molar-refractivity contribution in [2.45, 2.75) is 26.8 Å². The van der Waals surface area contributed by atoms with Crippen LogP contribution in [0.2, 0.25) is 0 Å². The van der Waals surface area contributed by atoms with Gasteiger partial charge in [-0.05, 0) is 30.3 Å². The molecule has 0 radical (unpaired) electrons. The Labute approximate surface area is 114 Å². The molecule has 1 rings (SSSR count). The molecule has 0 heterocycles. The maximum Gasteiger partial charge on any atom is 0.234 e. The van der Waals surface area contributed by atoms with Crippen molar-refractivity contribution >= 4 is 23.4 Å². The summed E-state index contributed by atoms with van der Waals surface area (Å²) in [4.78, 5) is 11.8. The van der Waals surface area contributed by atoms with Gasteiger partial charge < -0.3 is 10.6 Å². The summed E-state index contributed by atoms with van der Waals surface area (Å²) in [7, 11) is 0. The van der Waals surface area contributed by atoms with Crippen LogP contribution in [0.5, 0.6) is 0 Å². The molecule has 0 saturated heterocycles. The quantitative estimate of drug-likeness (QED) is 0.711. The van der Waals surface area contributed by atoms with E-state index in [0.717, 1.165) is 36.5 Å². The molecule has 0 aliphatic rings. The summed E-state index contributed by atoms with van der Waals surface area (Å²) in [5, 5.41) is 6.25.